The number of aliphatic hydroxyl groups excluding tert-OH is 1. The summed E-state index contributed by atoms with van der Waals surface area (Å²) in [5.74, 6) is 0. The average Bonchev–Trinajstić information content (AvgIpc) is 2.54. The van der Waals surface area contributed by atoms with Crippen LogP contribution < -0.4 is 4.90 Å². The first kappa shape index (κ1) is 15.1. The van der Waals surface area contributed by atoms with E-state index < -0.39 is 6.10 Å². The third-order valence-electron chi connectivity index (χ3n) is 3.58. The summed E-state index contributed by atoms with van der Waals surface area (Å²) in [5, 5.41) is 18.7. The highest BCUT2D eigenvalue weighted by Gasteiger charge is 2.06. The van der Waals surface area contributed by atoms with Crippen molar-refractivity contribution in [3.8, 4) is 6.07 Å². The van der Waals surface area contributed by atoms with Crippen molar-refractivity contribution < 1.29 is 5.11 Å². The van der Waals surface area contributed by atoms with Crippen molar-refractivity contribution in [3.05, 3.63) is 65.2 Å². The van der Waals surface area contributed by atoms with E-state index in [4.69, 9.17) is 5.26 Å². The molecule has 0 aliphatic rings. The van der Waals surface area contributed by atoms with Crippen molar-refractivity contribution in [2.45, 2.75) is 26.0 Å². The third-order valence-corrected chi connectivity index (χ3v) is 3.58. The van der Waals surface area contributed by atoms with Crippen LogP contribution in [0.25, 0.3) is 0 Å². The summed E-state index contributed by atoms with van der Waals surface area (Å²) >= 11 is 0. The van der Waals surface area contributed by atoms with Gasteiger partial charge in [-0.15, -0.1) is 0 Å². The first-order chi connectivity index (χ1) is 10.1. The van der Waals surface area contributed by atoms with Crippen molar-refractivity contribution in [1.82, 2.24) is 0 Å². The minimum atomic E-state index is -0.392. The van der Waals surface area contributed by atoms with Gasteiger partial charge in [0, 0.05) is 19.3 Å². The Morgan fingerprint density at radius 2 is 1.90 bits per heavy atom. The number of benzene rings is 2. The van der Waals surface area contributed by atoms with Crippen molar-refractivity contribution in [3.63, 3.8) is 0 Å². The lowest BCUT2D eigenvalue weighted by Crippen LogP contribution is -2.16. The largest absolute Gasteiger partial charge is 0.388 e. The molecule has 1 atom stereocenters. The zero-order chi connectivity index (χ0) is 15.2. The molecule has 2 rings (SSSR count). The van der Waals surface area contributed by atoms with Crippen molar-refractivity contribution in [2.24, 2.45) is 0 Å². The van der Waals surface area contributed by atoms with Crippen molar-refractivity contribution >= 4 is 5.69 Å². The fraction of sp³-hybridized carbons (Fsp3) is 0.278. The van der Waals surface area contributed by atoms with Crippen LogP contribution in [0.2, 0.25) is 0 Å². The number of nitriles is 1. The predicted octanol–water partition coefficient (Wildman–Crippen LogP) is 3.64. The second-order valence-electron chi connectivity index (χ2n) is 5.18. The minimum absolute atomic E-state index is 0.392. The fourth-order valence-corrected chi connectivity index (χ4v) is 2.29. The highest BCUT2D eigenvalue weighted by atomic mass is 16.3. The first-order valence-corrected chi connectivity index (χ1v) is 7.12. The van der Waals surface area contributed by atoms with Crippen molar-refractivity contribution in [2.75, 3.05) is 11.9 Å². The zero-order valence-electron chi connectivity index (χ0n) is 12.5. The van der Waals surface area contributed by atoms with Crippen molar-refractivity contribution in [1.29, 1.82) is 5.26 Å². The summed E-state index contributed by atoms with van der Waals surface area (Å²) < 4.78 is 0. The third kappa shape index (κ3) is 3.84. The van der Waals surface area contributed by atoms with Gasteiger partial charge >= 0.3 is 0 Å². The Morgan fingerprint density at radius 1 is 1.19 bits per heavy atom. The quantitative estimate of drug-likeness (QED) is 0.909. The van der Waals surface area contributed by atoms with E-state index in [1.54, 1.807) is 0 Å². The molecule has 1 N–H and O–H groups in total. The average molecular weight is 280 g/mol. The van der Waals surface area contributed by atoms with E-state index in [9.17, 15) is 5.11 Å². The Balaban J connectivity index is 2.09. The second-order valence-corrected chi connectivity index (χ2v) is 5.18. The van der Waals surface area contributed by atoms with Crippen LogP contribution in [0, 0.1) is 11.3 Å². The molecule has 21 heavy (non-hydrogen) atoms. The molecular weight excluding hydrogens is 260 g/mol. The molecule has 0 amide bonds. The maximum absolute atomic E-state index is 9.81. The van der Waals surface area contributed by atoms with Gasteiger partial charge in [-0.1, -0.05) is 31.2 Å². The SMILES string of the molecule is CC[C@H](O)c1ccc(N(C)Cc2cccc(C#N)c2)cc1. The highest BCUT2D eigenvalue weighted by Crippen LogP contribution is 2.21. The number of anilines is 1. The lowest BCUT2D eigenvalue weighted by Gasteiger charge is -2.20. The van der Waals surface area contributed by atoms with E-state index in [1.165, 1.54) is 0 Å². The minimum Gasteiger partial charge on any atom is -0.388 e. The van der Waals surface area contributed by atoms with Gasteiger partial charge in [-0.25, -0.2) is 0 Å². The van der Waals surface area contributed by atoms with Crippen LogP contribution in [0.15, 0.2) is 48.5 Å². The van der Waals surface area contributed by atoms with Crippen LogP contribution in [-0.2, 0) is 6.54 Å². The van der Waals surface area contributed by atoms with Gasteiger partial charge in [0.25, 0.3) is 0 Å². The predicted molar refractivity (Wildman–Crippen MR) is 85.0 cm³/mol. The monoisotopic (exact) mass is 280 g/mol. The number of rotatable bonds is 5. The van der Waals surface area contributed by atoms with E-state index in [2.05, 4.69) is 11.0 Å². The molecule has 0 spiro atoms. The molecule has 0 unspecified atom stereocenters. The number of nitrogens with zero attached hydrogens (tertiary/aromatic N) is 2. The molecule has 0 aromatic heterocycles. The second kappa shape index (κ2) is 6.92. The summed E-state index contributed by atoms with van der Waals surface area (Å²) in [6.45, 7) is 2.71. The van der Waals surface area contributed by atoms with Crippen LogP contribution in [0.4, 0.5) is 5.69 Å². The van der Waals surface area contributed by atoms with Crippen LogP contribution in [0.5, 0.6) is 0 Å². The van der Waals surface area contributed by atoms with E-state index in [1.807, 2.05) is 62.5 Å². The fourth-order valence-electron chi connectivity index (χ4n) is 2.29. The Labute approximate surface area is 126 Å². The number of hydrogen-bond donors (Lipinski definition) is 1. The molecule has 2 aromatic rings. The molecule has 0 radical (unpaired) electrons. The van der Waals surface area contributed by atoms with Gasteiger partial charge in [-0.3, -0.25) is 0 Å². The molecule has 0 bridgehead atoms. The molecule has 3 nitrogen and oxygen atoms in total. The van der Waals surface area contributed by atoms with Crippen LogP contribution >= 0.6 is 0 Å². The maximum atomic E-state index is 9.81. The maximum Gasteiger partial charge on any atom is 0.0991 e. The highest BCUT2D eigenvalue weighted by molar-refractivity contribution is 5.48. The lowest BCUT2D eigenvalue weighted by molar-refractivity contribution is 0.173. The molecule has 2 aromatic carbocycles. The molecule has 0 saturated heterocycles. The van der Waals surface area contributed by atoms with Crippen LogP contribution in [0.3, 0.4) is 0 Å². The van der Waals surface area contributed by atoms with Crippen LogP contribution in [-0.4, -0.2) is 12.2 Å². The Bertz CT molecular complexity index is 628. The molecule has 0 aliphatic carbocycles. The summed E-state index contributed by atoms with van der Waals surface area (Å²) in [6.07, 6.45) is 0.326. The standard InChI is InChI=1S/C18H20N2O/c1-3-18(21)16-7-9-17(10-8-16)20(2)13-15-6-4-5-14(11-15)12-19/h4-11,18,21H,3,13H2,1-2H3/t18-/m0/s1. The Kier molecular flexibility index (Phi) is 4.97. The summed E-state index contributed by atoms with van der Waals surface area (Å²) in [4.78, 5) is 2.12. The molecule has 0 saturated carbocycles. The topological polar surface area (TPSA) is 47.3 Å². The molecule has 0 fully saturated rings. The molecule has 0 heterocycles. The Hall–Kier alpha value is -2.31. The molecule has 0 aliphatic heterocycles. The van der Waals surface area contributed by atoms with Gasteiger partial charge in [0.1, 0.15) is 0 Å². The zero-order valence-corrected chi connectivity index (χ0v) is 12.5. The normalized spacial score (nSPS) is 11.7. The lowest BCUT2D eigenvalue weighted by atomic mass is 10.1. The van der Waals surface area contributed by atoms with Gasteiger partial charge in [0.15, 0.2) is 0 Å². The van der Waals surface area contributed by atoms with Gasteiger partial charge in [0.2, 0.25) is 0 Å². The number of aliphatic hydroxyl groups is 1. The van der Waals surface area contributed by atoms with Gasteiger partial charge < -0.3 is 10.0 Å². The summed E-state index contributed by atoms with van der Waals surface area (Å²) in [6, 6.07) is 17.8. The smallest absolute Gasteiger partial charge is 0.0991 e. The molecule has 108 valence electrons. The van der Waals surface area contributed by atoms with E-state index in [0.717, 1.165) is 29.8 Å². The van der Waals surface area contributed by atoms with E-state index >= 15 is 0 Å². The first-order valence-electron chi connectivity index (χ1n) is 7.12. The van der Waals surface area contributed by atoms with Gasteiger partial charge in [0.05, 0.1) is 17.7 Å². The molecule has 3 heteroatoms. The van der Waals surface area contributed by atoms with E-state index in [-0.39, 0.29) is 0 Å². The summed E-state index contributed by atoms with van der Waals surface area (Å²) in [5.41, 5.74) is 3.82. The van der Waals surface area contributed by atoms with E-state index in [0.29, 0.717) is 5.56 Å². The number of hydrogen-bond acceptors (Lipinski definition) is 3. The molecular formula is C18H20N2O. The summed E-state index contributed by atoms with van der Waals surface area (Å²) in [7, 11) is 2.02. The van der Waals surface area contributed by atoms with Gasteiger partial charge in [-0.2, -0.15) is 5.26 Å². The van der Waals surface area contributed by atoms with Gasteiger partial charge in [-0.05, 0) is 41.8 Å². The van der Waals surface area contributed by atoms with Crippen LogP contribution in [0.1, 0.15) is 36.1 Å². The Morgan fingerprint density at radius 3 is 2.52 bits per heavy atom.